The Kier molecular flexibility index (Phi) is 4.64. The van der Waals surface area contributed by atoms with Crippen molar-refractivity contribution in [1.82, 2.24) is 10.2 Å². The maximum atomic E-state index is 12.4. The number of hydrogen-bond donors (Lipinski definition) is 3. The van der Waals surface area contributed by atoms with Crippen molar-refractivity contribution >= 4 is 19.0 Å². The van der Waals surface area contributed by atoms with Crippen molar-refractivity contribution in [3.8, 4) is 11.5 Å². The van der Waals surface area contributed by atoms with E-state index in [1.165, 1.54) is 0 Å². The van der Waals surface area contributed by atoms with Crippen molar-refractivity contribution in [2.75, 3.05) is 32.8 Å². The predicted molar refractivity (Wildman–Crippen MR) is 101 cm³/mol. The summed E-state index contributed by atoms with van der Waals surface area (Å²) in [6.07, 6.45) is 0.744. The molecule has 1 saturated carbocycles. The largest absolute Gasteiger partial charge is 0.535 e. The van der Waals surface area contributed by atoms with E-state index in [1.54, 1.807) is 11.0 Å². The predicted octanol–water partition coefficient (Wildman–Crippen LogP) is 0.0833. The van der Waals surface area contributed by atoms with Crippen LogP contribution in [-0.4, -0.2) is 79.0 Å². The third-order valence-corrected chi connectivity index (χ3v) is 6.11. The van der Waals surface area contributed by atoms with Crippen LogP contribution in [0.15, 0.2) is 12.1 Å². The third-order valence-electron chi connectivity index (χ3n) is 6.11. The van der Waals surface area contributed by atoms with E-state index in [0.717, 1.165) is 18.5 Å². The number of carboxylic acid groups (broad SMARTS) is 1. The van der Waals surface area contributed by atoms with Crippen LogP contribution in [0, 0.1) is 0 Å². The number of nitrogens with zero attached hydrogens (tertiary/aromatic N) is 1. The van der Waals surface area contributed by atoms with Crippen LogP contribution >= 0.6 is 0 Å². The summed E-state index contributed by atoms with van der Waals surface area (Å²) in [6, 6.07) is 3.48. The molecule has 1 amide bonds. The lowest BCUT2D eigenvalue weighted by Gasteiger charge is -2.40. The highest BCUT2D eigenvalue weighted by Crippen LogP contribution is 2.60. The molecule has 9 nitrogen and oxygen atoms in total. The Labute approximate surface area is 168 Å². The summed E-state index contributed by atoms with van der Waals surface area (Å²) in [4.78, 5) is 25.9. The minimum Gasteiger partial charge on any atom is -0.535 e. The fourth-order valence-corrected chi connectivity index (χ4v) is 4.37. The molecule has 10 heteroatoms. The summed E-state index contributed by atoms with van der Waals surface area (Å²) in [7, 11) is -0.978. The fourth-order valence-electron chi connectivity index (χ4n) is 4.37. The molecule has 3 N–H and O–H groups in total. The zero-order valence-electron chi connectivity index (χ0n) is 15.9. The number of carboxylic acids is 1. The van der Waals surface area contributed by atoms with Gasteiger partial charge in [-0.2, -0.15) is 0 Å². The lowest BCUT2D eigenvalue weighted by Crippen LogP contribution is -2.57. The number of nitrogens with one attached hydrogen (secondary N) is 1. The monoisotopic (exact) mass is 402 g/mol. The fraction of sp³-hybridized carbons (Fsp3) is 0.579. The quantitative estimate of drug-likeness (QED) is 0.593. The highest BCUT2D eigenvalue weighted by Gasteiger charge is 2.54. The van der Waals surface area contributed by atoms with Crippen molar-refractivity contribution in [3.63, 3.8) is 0 Å². The first-order chi connectivity index (χ1) is 14.0. The highest BCUT2D eigenvalue weighted by atomic mass is 16.5. The molecule has 0 spiro atoms. The zero-order chi connectivity index (χ0) is 20.1. The van der Waals surface area contributed by atoms with E-state index in [1.807, 2.05) is 6.07 Å². The molecule has 0 bridgehead atoms. The van der Waals surface area contributed by atoms with Gasteiger partial charge in [-0.25, -0.2) is 4.79 Å². The van der Waals surface area contributed by atoms with Gasteiger partial charge >= 0.3 is 13.1 Å². The maximum Gasteiger partial charge on any atom is 0.526 e. The van der Waals surface area contributed by atoms with E-state index >= 15 is 0 Å². The number of rotatable bonds is 5. The zero-order valence-corrected chi connectivity index (χ0v) is 15.9. The topological polar surface area (TPSA) is 118 Å². The number of fused-ring (bicyclic) bond motifs is 3. The number of carbonyl (C=O) groups is 2. The average molecular weight is 402 g/mol. The molecule has 1 aliphatic carbocycles. The van der Waals surface area contributed by atoms with Crippen LogP contribution in [0.5, 0.6) is 11.5 Å². The van der Waals surface area contributed by atoms with Crippen molar-refractivity contribution < 1.29 is 33.8 Å². The van der Waals surface area contributed by atoms with Crippen LogP contribution in [0.2, 0.25) is 5.82 Å². The number of amides is 1. The molecule has 0 radical (unpaired) electrons. The summed E-state index contributed by atoms with van der Waals surface area (Å²) in [6.45, 7) is 2.90. The molecule has 3 heterocycles. The first-order valence-corrected chi connectivity index (χ1v) is 10.0. The minimum atomic E-state index is -1.16. The van der Waals surface area contributed by atoms with E-state index in [4.69, 9.17) is 14.1 Å². The van der Waals surface area contributed by atoms with Gasteiger partial charge in [0.2, 0.25) is 5.91 Å². The van der Waals surface area contributed by atoms with E-state index in [9.17, 15) is 19.7 Å². The molecule has 0 unspecified atom stereocenters. The number of carbonyl (C=O) groups excluding carboxylic acids is 1. The van der Waals surface area contributed by atoms with Gasteiger partial charge in [-0.15, -0.1) is 0 Å². The molecule has 5 rings (SSSR count). The summed E-state index contributed by atoms with van der Waals surface area (Å²) < 4.78 is 17.0. The molecule has 3 fully saturated rings. The molecule has 1 aromatic rings. The highest BCUT2D eigenvalue weighted by molar-refractivity contribution is 6.48. The van der Waals surface area contributed by atoms with E-state index < -0.39 is 13.1 Å². The third kappa shape index (κ3) is 3.45. The molecule has 3 atom stereocenters. The number of hydrogen-bond acceptors (Lipinski definition) is 7. The molecule has 2 saturated heterocycles. The van der Waals surface area contributed by atoms with Crippen LogP contribution in [0.3, 0.4) is 0 Å². The van der Waals surface area contributed by atoms with Crippen LogP contribution in [0.1, 0.15) is 34.7 Å². The number of likely N-dealkylation sites (tertiary alicyclic amines) is 1. The number of morpholine rings is 1. The normalized spacial score (nSPS) is 28.0. The van der Waals surface area contributed by atoms with Crippen molar-refractivity contribution in [2.45, 2.75) is 36.8 Å². The Bertz CT molecular complexity index is 838. The second kappa shape index (κ2) is 7.19. The summed E-state index contributed by atoms with van der Waals surface area (Å²) >= 11 is 0. The van der Waals surface area contributed by atoms with E-state index in [0.29, 0.717) is 32.7 Å². The Morgan fingerprint density at radius 2 is 2.17 bits per heavy atom. The molecule has 1 aromatic carbocycles. The second-order valence-electron chi connectivity index (χ2n) is 8.12. The van der Waals surface area contributed by atoms with E-state index in [2.05, 4.69) is 5.32 Å². The molecule has 154 valence electrons. The second-order valence-corrected chi connectivity index (χ2v) is 8.12. The smallest absolute Gasteiger partial charge is 0.526 e. The summed E-state index contributed by atoms with van der Waals surface area (Å²) in [5.74, 6) is -0.541. The van der Waals surface area contributed by atoms with Gasteiger partial charge in [-0.05, 0) is 24.0 Å². The van der Waals surface area contributed by atoms with Crippen molar-refractivity contribution in [3.05, 3.63) is 23.3 Å². The van der Waals surface area contributed by atoms with Gasteiger partial charge < -0.3 is 34.5 Å². The van der Waals surface area contributed by atoms with Gasteiger partial charge in [0, 0.05) is 18.9 Å². The van der Waals surface area contributed by atoms with Crippen LogP contribution in [0.4, 0.5) is 0 Å². The molecule has 0 aromatic heterocycles. The van der Waals surface area contributed by atoms with Gasteiger partial charge in [0.15, 0.2) is 0 Å². The maximum absolute atomic E-state index is 12.4. The van der Waals surface area contributed by atoms with E-state index in [-0.39, 0.29) is 46.9 Å². The SMILES string of the molecule is O=C(O)c1c(OC2CN(C(=O)C[C@@H]3CNCCO3)C2)ccc2c1OB(O)[C@H]1C[C@@H]21. The molecule has 4 aliphatic rings. The molecule has 29 heavy (non-hydrogen) atoms. The molecular formula is C19H23BN2O7. The Balaban J connectivity index is 1.23. The van der Waals surface area contributed by atoms with Crippen molar-refractivity contribution in [2.24, 2.45) is 0 Å². The Hall–Kier alpha value is -2.30. The number of benzene rings is 1. The first-order valence-electron chi connectivity index (χ1n) is 10.0. The van der Waals surface area contributed by atoms with Gasteiger partial charge in [0.1, 0.15) is 23.2 Å². The average Bonchev–Trinajstić information content (AvgIpc) is 3.46. The Morgan fingerprint density at radius 3 is 2.90 bits per heavy atom. The van der Waals surface area contributed by atoms with Crippen molar-refractivity contribution in [1.29, 1.82) is 0 Å². The number of aromatic carboxylic acids is 1. The number of ether oxygens (including phenoxy) is 2. The van der Waals surface area contributed by atoms with Gasteiger partial charge in [-0.1, -0.05) is 6.07 Å². The molecular weight excluding hydrogens is 379 g/mol. The van der Waals surface area contributed by atoms with Crippen LogP contribution < -0.4 is 14.7 Å². The lowest BCUT2D eigenvalue weighted by molar-refractivity contribution is -0.143. The van der Waals surface area contributed by atoms with Crippen LogP contribution in [-0.2, 0) is 9.53 Å². The lowest BCUT2D eigenvalue weighted by atomic mass is 9.77. The standard InChI is InChI=1S/C19H23BN2O7/c23-16(5-10-7-21-3-4-27-10)22-8-11(9-22)28-15-2-1-12-13-6-14(13)20(26)29-18(12)17(15)19(24)25/h1-2,10-11,13-14,21,26H,3-9H2,(H,24,25)/t10-,13+,14+/m1/s1. The summed E-state index contributed by atoms with van der Waals surface area (Å²) in [5, 5.41) is 22.9. The minimum absolute atomic E-state index is 0.00804. The van der Waals surface area contributed by atoms with Gasteiger partial charge in [0.05, 0.1) is 32.2 Å². The molecule has 3 aliphatic heterocycles. The summed E-state index contributed by atoms with van der Waals surface area (Å²) in [5.41, 5.74) is 0.759. The van der Waals surface area contributed by atoms with Gasteiger partial charge in [-0.3, -0.25) is 4.79 Å². The van der Waals surface area contributed by atoms with Crippen LogP contribution in [0.25, 0.3) is 0 Å². The van der Waals surface area contributed by atoms with Gasteiger partial charge in [0.25, 0.3) is 0 Å². The first kappa shape index (κ1) is 18.7. The Morgan fingerprint density at radius 1 is 1.34 bits per heavy atom.